The molecule has 0 atom stereocenters. The molecule has 2 aromatic rings. The van der Waals surface area contributed by atoms with Gasteiger partial charge >= 0.3 is 0 Å². The van der Waals surface area contributed by atoms with Gasteiger partial charge in [0.1, 0.15) is 5.82 Å². The van der Waals surface area contributed by atoms with Crippen molar-refractivity contribution in [2.45, 2.75) is 6.61 Å². The minimum Gasteiger partial charge on any atom is -0.380 e. The number of ether oxygens (including phenoxy) is 1. The van der Waals surface area contributed by atoms with Crippen molar-refractivity contribution in [2.24, 2.45) is 0 Å². The summed E-state index contributed by atoms with van der Waals surface area (Å²) in [4.78, 5) is 24.0. The first-order chi connectivity index (χ1) is 9.63. The van der Waals surface area contributed by atoms with Crippen LogP contribution in [0.25, 0.3) is 0 Å². The second kappa shape index (κ2) is 6.21. The molecule has 0 aliphatic carbocycles. The number of halogens is 1. The first-order valence-electron chi connectivity index (χ1n) is 6.05. The highest BCUT2D eigenvalue weighted by Crippen LogP contribution is 2.14. The van der Waals surface area contributed by atoms with Crippen LogP contribution in [0, 0.1) is 5.82 Å². The summed E-state index contributed by atoms with van der Waals surface area (Å²) in [5.41, 5.74) is 0.630. The summed E-state index contributed by atoms with van der Waals surface area (Å²) in [6, 6.07) is 12.2. The number of hydrogen-bond donors (Lipinski definition) is 0. The number of benzene rings is 2. The van der Waals surface area contributed by atoms with E-state index in [4.69, 9.17) is 4.74 Å². The summed E-state index contributed by atoms with van der Waals surface area (Å²) in [6.07, 6.45) is 0. The number of hydrogen-bond acceptors (Lipinski definition) is 3. The van der Waals surface area contributed by atoms with Crippen LogP contribution < -0.4 is 0 Å². The zero-order chi connectivity index (χ0) is 14.5. The van der Waals surface area contributed by atoms with Gasteiger partial charge in [-0.2, -0.15) is 0 Å². The number of carbonyl (C=O) groups is 2. The molecule has 4 heteroatoms. The Bertz CT molecular complexity index is 635. The van der Waals surface area contributed by atoms with Crippen LogP contribution in [0.5, 0.6) is 0 Å². The Morgan fingerprint density at radius 1 is 1.05 bits per heavy atom. The van der Waals surface area contributed by atoms with E-state index >= 15 is 0 Å². The topological polar surface area (TPSA) is 43.4 Å². The molecular formula is C16H13FO3. The largest absolute Gasteiger partial charge is 0.380 e. The molecule has 0 aliphatic heterocycles. The van der Waals surface area contributed by atoms with Crippen molar-refractivity contribution in [3.63, 3.8) is 0 Å². The van der Waals surface area contributed by atoms with E-state index in [2.05, 4.69) is 0 Å². The number of carbonyl (C=O) groups excluding carboxylic acids is 2. The van der Waals surface area contributed by atoms with Crippen LogP contribution in [0.3, 0.4) is 0 Å². The maximum absolute atomic E-state index is 13.9. The van der Waals surface area contributed by atoms with Crippen molar-refractivity contribution in [1.82, 2.24) is 0 Å². The molecule has 0 unspecified atom stereocenters. The Balaban J connectivity index is 2.28. The SMILES string of the molecule is COCc1ccc(C(=O)C(=O)c2ccccc2)c(F)c1. The summed E-state index contributed by atoms with van der Waals surface area (Å²) in [5.74, 6) is -2.28. The van der Waals surface area contributed by atoms with Gasteiger partial charge in [0.25, 0.3) is 0 Å². The zero-order valence-corrected chi connectivity index (χ0v) is 10.9. The van der Waals surface area contributed by atoms with E-state index in [0.29, 0.717) is 5.56 Å². The van der Waals surface area contributed by atoms with Gasteiger partial charge < -0.3 is 4.74 Å². The fourth-order valence-corrected chi connectivity index (χ4v) is 1.84. The van der Waals surface area contributed by atoms with Crippen molar-refractivity contribution in [3.05, 3.63) is 71.0 Å². The molecule has 2 rings (SSSR count). The standard InChI is InChI=1S/C16H13FO3/c1-20-10-11-7-8-13(14(17)9-11)16(19)15(18)12-5-3-2-4-6-12/h2-9H,10H2,1H3. The van der Waals surface area contributed by atoms with E-state index in [-0.39, 0.29) is 17.7 Å². The van der Waals surface area contributed by atoms with Gasteiger partial charge in [-0.25, -0.2) is 4.39 Å². The molecule has 0 bridgehead atoms. The Hall–Kier alpha value is -2.33. The van der Waals surface area contributed by atoms with Crippen LogP contribution in [0.15, 0.2) is 48.5 Å². The molecule has 20 heavy (non-hydrogen) atoms. The number of ketones is 2. The fourth-order valence-electron chi connectivity index (χ4n) is 1.84. The predicted molar refractivity (Wildman–Crippen MR) is 72.2 cm³/mol. The lowest BCUT2D eigenvalue weighted by Crippen LogP contribution is -2.16. The van der Waals surface area contributed by atoms with Crippen LogP contribution in [0.2, 0.25) is 0 Å². The van der Waals surface area contributed by atoms with Gasteiger partial charge in [0.05, 0.1) is 12.2 Å². The quantitative estimate of drug-likeness (QED) is 0.620. The van der Waals surface area contributed by atoms with Crippen LogP contribution in [0.4, 0.5) is 4.39 Å². The van der Waals surface area contributed by atoms with E-state index in [1.54, 1.807) is 24.3 Å². The third-order valence-corrected chi connectivity index (χ3v) is 2.83. The molecule has 102 valence electrons. The highest BCUT2D eigenvalue weighted by Gasteiger charge is 2.21. The minimum atomic E-state index is -0.849. The molecule has 0 fully saturated rings. The van der Waals surface area contributed by atoms with Crippen LogP contribution in [-0.4, -0.2) is 18.7 Å². The van der Waals surface area contributed by atoms with Crippen molar-refractivity contribution < 1.29 is 18.7 Å². The van der Waals surface area contributed by atoms with Crippen molar-refractivity contribution >= 4 is 11.6 Å². The Morgan fingerprint density at radius 2 is 1.75 bits per heavy atom. The summed E-state index contributed by atoms with van der Waals surface area (Å²) in [6.45, 7) is 0.248. The van der Waals surface area contributed by atoms with Crippen molar-refractivity contribution in [2.75, 3.05) is 7.11 Å². The van der Waals surface area contributed by atoms with E-state index < -0.39 is 17.4 Å². The zero-order valence-electron chi connectivity index (χ0n) is 10.9. The van der Waals surface area contributed by atoms with Gasteiger partial charge in [-0.05, 0) is 17.7 Å². The van der Waals surface area contributed by atoms with Crippen molar-refractivity contribution in [3.8, 4) is 0 Å². The van der Waals surface area contributed by atoms with E-state index in [1.807, 2.05) is 0 Å². The molecular weight excluding hydrogens is 259 g/mol. The highest BCUT2D eigenvalue weighted by molar-refractivity contribution is 6.49. The molecule has 0 aliphatic rings. The Labute approximate surface area is 116 Å². The molecule has 0 aromatic heterocycles. The molecule has 2 aromatic carbocycles. The first-order valence-corrected chi connectivity index (χ1v) is 6.05. The van der Waals surface area contributed by atoms with E-state index in [0.717, 1.165) is 0 Å². The normalized spacial score (nSPS) is 10.3. The summed E-state index contributed by atoms with van der Waals surface area (Å²) in [7, 11) is 1.50. The smallest absolute Gasteiger partial charge is 0.236 e. The molecule has 0 heterocycles. The second-order valence-electron chi connectivity index (χ2n) is 4.27. The third kappa shape index (κ3) is 2.97. The van der Waals surface area contributed by atoms with E-state index in [1.165, 1.54) is 31.4 Å². The monoisotopic (exact) mass is 272 g/mol. The lowest BCUT2D eigenvalue weighted by Gasteiger charge is -2.05. The van der Waals surface area contributed by atoms with Gasteiger partial charge in [-0.1, -0.05) is 36.4 Å². The Morgan fingerprint density at radius 3 is 2.35 bits per heavy atom. The lowest BCUT2D eigenvalue weighted by molar-refractivity contribution is 0.0814. The van der Waals surface area contributed by atoms with Crippen LogP contribution >= 0.6 is 0 Å². The van der Waals surface area contributed by atoms with Crippen LogP contribution in [-0.2, 0) is 11.3 Å². The molecule has 0 N–H and O–H groups in total. The number of methoxy groups -OCH3 is 1. The minimum absolute atomic E-state index is 0.223. The summed E-state index contributed by atoms with van der Waals surface area (Å²) in [5, 5.41) is 0. The maximum atomic E-state index is 13.9. The third-order valence-electron chi connectivity index (χ3n) is 2.83. The molecule has 0 amide bonds. The predicted octanol–water partition coefficient (Wildman–Crippen LogP) is 3.04. The average molecular weight is 272 g/mol. The van der Waals surface area contributed by atoms with Crippen molar-refractivity contribution in [1.29, 1.82) is 0 Å². The van der Waals surface area contributed by atoms with Crippen LogP contribution in [0.1, 0.15) is 26.3 Å². The summed E-state index contributed by atoms with van der Waals surface area (Å²) < 4.78 is 18.8. The number of Topliss-reactive ketones (excluding diaryl/α,β-unsaturated/α-hetero) is 2. The number of rotatable bonds is 5. The van der Waals surface area contributed by atoms with E-state index in [9.17, 15) is 14.0 Å². The molecule has 0 saturated heterocycles. The lowest BCUT2D eigenvalue weighted by atomic mass is 10.00. The highest BCUT2D eigenvalue weighted by atomic mass is 19.1. The van der Waals surface area contributed by atoms with Gasteiger partial charge in [0.2, 0.25) is 11.6 Å². The summed E-state index contributed by atoms with van der Waals surface area (Å²) >= 11 is 0. The van der Waals surface area contributed by atoms with Gasteiger partial charge in [0, 0.05) is 12.7 Å². The molecule has 3 nitrogen and oxygen atoms in total. The molecule has 0 spiro atoms. The second-order valence-corrected chi connectivity index (χ2v) is 4.27. The van der Waals surface area contributed by atoms with Gasteiger partial charge in [0.15, 0.2) is 0 Å². The molecule has 0 radical (unpaired) electrons. The average Bonchev–Trinajstić information content (AvgIpc) is 2.47. The maximum Gasteiger partial charge on any atom is 0.236 e. The molecule has 0 saturated carbocycles. The van der Waals surface area contributed by atoms with Gasteiger partial charge in [-0.15, -0.1) is 0 Å². The first kappa shape index (κ1) is 14.1. The fraction of sp³-hybridized carbons (Fsp3) is 0.125. The Kier molecular flexibility index (Phi) is 4.38. The van der Waals surface area contributed by atoms with Gasteiger partial charge in [-0.3, -0.25) is 9.59 Å².